The summed E-state index contributed by atoms with van der Waals surface area (Å²) in [5, 5.41) is 0.616. The average Bonchev–Trinajstić information content (AvgIpc) is 2.44. The lowest BCUT2D eigenvalue weighted by molar-refractivity contribution is -0.183. The minimum Gasteiger partial charge on any atom is -0.346 e. The van der Waals surface area contributed by atoms with Crippen LogP contribution in [-0.4, -0.2) is 14.2 Å². The van der Waals surface area contributed by atoms with Crippen molar-refractivity contribution in [1.29, 1.82) is 0 Å². The fraction of sp³-hybridized carbons (Fsp3) is 0.200. The van der Waals surface area contributed by atoms with Crippen molar-refractivity contribution in [2.75, 3.05) is 14.2 Å². The van der Waals surface area contributed by atoms with Gasteiger partial charge in [-0.2, -0.15) is 0 Å². The molecular weight excluding hydrogens is 248 g/mol. The molecule has 18 heavy (non-hydrogen) atoms. The molecule has 0 aromatic heterocycles. The number of rotatable bonds is 4. The van der Waals surface area contributed by atoms with Gasteiger partial charge >= 0.3 is 0 Å². The SMILES string of the molecule is COC(OC)(c1ccccc1)c1ccccc1Cl. The molecule has 0 heterocycles. The van der Waals surface area contributed by atoms with Gasteiger partial charge in [0, 0.05) is 30.4 Å². The van der Waals surface area contributed by atoms with Crippen LogP contribution in [0.2, 0.25) is 5.02 Å². The average molecular weight is 263 g/mol. The maximum atomic E-state index is 6.26. The van der Waals surface area contributed by atoms with Crippen molar-refractivity contribution < 1.29 is 9.47 Å². The Bertz CT molecular complexity index is 507. The van der Waals surface area contributed by atoms with Crippen molar-refractivity contribution in [3.8, 4) is 0 Å². The van der Waals surface area contributed by atoms with E-state index in [1.54, 1.807) is 14.2 Å². The molecule has 2 nitrogen and oxygen atoms in total. The smallest absolute Gasteiger partial charge is 0.223 e. The zero-order valence-electron chi connectivity index (χ0n) is 10.4. The fourth-order valence-electron chi connectivity index (χ4n) is 2.08. The summed E-state index contributed by atoms with van der Waals surface area (Å²) in [6, 6.07) is 17.3. The van der Waals surface area contributed by atoms with E-state index in [1.807, 2.05) is 54.6 Å². The monoisotopic (exact) mass is 262 g/mol. The summed E-state index contributed by atoms with van der Waals surface area (Å²) < 4.78 is 11.3. The highest BCUT2D eigenvalue weighted by molar-refractivity contribution is 6.31. The Morgan fingerprint density at radius 3 is 1.94 bits per heavy atom. The molecule has 2 rings (SSSR count). The van der Waals surface area contributed by atoms with Crippen LogP contribution in [-0.2, 0) is 15.3 Å². The molecule has 0 fully saturated rings. The first kappa shape index (κ1) is 13.1. The molecule has 94 valence electrons. The zero-order valence-corrected chi connectivity index (χ0v) is 11.1. The van der Waals surface area contributed by atoms with Crippen molar-refractivity contribution >= 4 is 11.6 Å². The van der Waals surface area contributed by atoms with Gasteiger partial charge in [0.2, 0.25) is 5.79 Å². The maximum absolute atomic E-state index is 6.26. The van der Waals surface area contributed by atoms with Gasteiger partial charge in [0.15, 0.2) is 0 Å². The molecule has 0 atom stereocenters. The largest absolute Gasteiger partial charge is 0.346 e. The molecular formula is C15H15ClO2. The fourth-order valence-corrected chi connectivity index (χ4v) is 2.34. The van der Waals surface area contributed by atoms with E-state index in [0.29, 0.717) is 5.02 Å². The highest BCUT2D eigenvalue weighted by Gasteiger charge is 2.36. The topological polar surface area (TPSA) is 18.5 Å². The van der Waals surface area contributed by atoms with E-state index < -0.39 is 5.79 Å². The van der Waals surface area contributed by atoms with Crippen LogP contribution in [0.25, 0.3) is 0 Å². The zero-order chi connectivity index (χ0) is 13.0. The molecule has 0 radical (unpaired) electrons. The molecule has 3 heteroatoms. The number of halogens is 1. The van der Waals surface area contributed by atoms with Crippen molar-refractivity contribution in [1.82, 2.24) is 0 Å². The van der Waals surface area contributed by atoms with Crippen LogP contribution in [0.1, 0.15) is 11.1 Å². The lowest BCUT2D eigenvalue weighted by Gasteiger charge is -2.32. The third-order valence-corrected chi connectivity index (χ3v) is 3.29. The third-order valence-electron chi connectivity index (χ3n) is 2.96. The van der Waals surface area contributed by atoms with Gasteiger partial charge in [-0.15, -0.1) is 0 Å². The summed E-state index contributed by atoms with van der Waals surface area (Å²) in [7, 11) is 3.22. The van der Waals surface area contributed by atoms with Gasteiger partial charge in [0.1, 0.15) is 0 Å². The van der Waals surface area contributed by atoms with Crippen LogP contribution in [0.3, 0.4) is 0 Å². The molecule has 0 saturated carbocycles. The Balaban J connectivity index is 2.62. The predicted octanol–water partition coefficient (Wildman–Crippen LogP) is 3.83. The first-order chi connectivity index (χ1) is 8.74. The molecule has 0 aliphatic carbocycles. The van der Waals surface area contributed by atoms with E-state index >= 15 is 0 Å². The Kier molecular flexibility index (Phi) is 4.02. The van der Waals surface area contributed by atoms with Gasteiger partial charge in [0.05, 0.1) is 0 Å². The lowest BCUT2D eigenvalue weighted by Crippen LogP contribution is -2.32. The molecule has 0 bridgehead atoms. The van der Waals surface area contributed by atoms with Crippen LogP contribution in [0.5, 0.6) is 0 Å². The van der Waals surface area contributed by atoms with Crippen LogP contribution >= 0.6 is 11.6 Å². The molecule has 2 aromatic rings. The second-order valence-corrected chi connectivity index (χ2v) is 4.28. The maximum Gasteiger partial charge on any atom is 0.223 e. The third kappa shape index (κ3) is 2.15. The number of hydrogen-bond donors (Lipinski definition) is 0. The number of hydrogen-bond acceptors (Lipinski definition) is 2. The molecule has 2 aromatic carbocycles. The number of benzene rings is 2. The molecule has 0 unspecified atom stereocenters. The van der Waals surface area contributed by atoms with E-state index in [0.717, 1.165) is 11.1 Å². The first-order valence-corrected chi connectivity index (χ1v) is 6.03. The molecule has 0 aliphatic heterocycles. The number of ether oxygens (including phenoxy) is 2. The summed E-state index contributed by atoms with van der Waals surface area (Å²) in [4.78, 5) is 0. The molecule has 0 aliphatic rings. The van der Waals surface area contributed by atoms with Gasteiger partial charge in [-0.3, -0.25) is 0 Å². The van der Waals surface area contributed by atoms with Gasteiger partial charge in [-0.1, -0.05) is 60.1 Å². The van der Waals surface area contributed by atoms with Gasteiger partial charge < -0.3 is 9.47 Å². The molecule has 0 amide bonds. The van der Waals surface area contributed by atoms with Crippen LogP contribution in [0.4, 0.5) is 0 Å². The van der Waals surface area contributed by atoms with E-state index in [2.05, 4.69) is 0 Å². The summed E-state index contributed by atoms with van der Waals surface area (Å²) in [6.07, 6.45) is 0. The van der Waals surface area contributed by atoms with Gasteiger partial charge in [0.25, 0.3) is 0 Å². The highest BCUT2D eigenvalue weighted by atomic mass is 35.5. The van der Waals surface area contributed by atoms with E-state index in [1.165, 1.54) is 0 Å². The standard InChI is InChI=1S/C15H15ClO2/c1-17-15(18-2,12-8-4-3-5-9-12)13-10-6-7-11-14(13)16/h3-11H,1-2H3. The summed E-state index contributed by atoms with van der Waals surface area (Å²) in [5.74, 6) is -0.973. The summed E-state index contributed by atoms with van der Waals surface area (Å²) in [6.45, 7) is 0. The Morgan fingerprint density at radius 1 is 0.833 bits per heavy atom. The van der Waals surface area contributed by atoms with Crippen LogP contribution < -0.4 is 0 Å². The summed E-state index contributed by atoms with van der Waals surface area (Å²) in [5.41, 5.74) is 1.70. The molecule has 0 saturated heterocycles. The predicted molar refractivity (Wildman–Crippen MR) is 72.7 cm³/mol. The van der Waals surface area contributed by atoms with Gasteiger partial charge in [-0.25, -0.2) is 0 Å². The number of methoxy groups -OCH3 is 2. The van der Waals surface area contributed by atoms with Crippen LogP contribution in [0.15, 0.2) is 54.6 Å². The van der Waals surface area contributed by atoms with E-state index in [9.17, 15) is 0 Å². The van der Waals surface area contributed by atoms with Crippen molar-refractivity contribution in [3.63, 3.8) is 0 Å². The first-order valence-electron chi connectivity index (χ1n) is 5.65. The lowest BCUT2D eigenvalue weighted by atomic mass is 9.97. The Morgan fingerprint density at radius 2 is 1.39 bits per heavy atom. The van der Waals surface area contributed by atoms with Crippen LogP contribution in [0, 0.1) is 0 Å². The molecule has 0 N–H and O–H groups in total. The minimum absolute atomic E-state index is 0.616. The van der Waals surface area contributed by atoms with Gasteiger partial charge in [-0.05, 0) is 6.07 Å². The Hall–Kier alpha value is -1.35. The highest BCUT2D eigenvalue weighted by Crippen LogP contribution is 2.37. The normalized spacial score (nSPS) is 11.5. The second kappa shape index (κ2) is 5.53. The Labute approximate surface area is 112 Å². The quantitative estimate of drug-likeness (QED) is 0.780. The van der Waals surface area contributed by atoms with Crippen molar-refractivity contribution in [2.45, 2.75) is 5.79 Å². The van der Waals surface area contributed by atoms with E-state index in [-0.39, 0.29) is 0 Å². The molecule has 0 spiro atoms. The van der Waals surface area contributed by atoms with Crippen molar-refractivity contribution in [3.05, 3.63) is 70.7 Å². The second-order valence-electron chi connectivity index (χ2n) is 3.87. The summed E-state index contributed by atoms with van der Waals surface area (Å²) >= 11 is 6.26. The van der Waals surface area contributed by atoms with Crippen molar-refractivity contribution in [2.24, 2.45) is 0 Å². The van der Waals surface area contributed by atoms with E-state index in [4.69, 9.17) is 21.1 Å². The minimum atomic E-state index is -0.973.